The molecule has 0 radical (unpaired) electrons. The number of hydrogen-bond donors (Lipinski definition) is 4. The first kappa shape index (κ1) is 14.8. The van der Waals surface area contributed by atoms with Crippen LogP contribution in [0.5, 0.6) is 5.75 Å². The summed E-state index contributed by atoms with van der Waals surface area (Å²) in [4.78, 5) is 12.4. The van der Waals surface area contributed by atoms with Crippen molar-refractivity contribution in [1.82, 2.24) is 5.32 Å². The number of hydrogen-bond acceptors (Lipinski definition) is 5. The summed E-state index contributed by atoms with van der Waals surface area (Å²) in [6.45, 7) is -1.16. The normalized spacial score (nSPS) is 18.1. The van der Waals surface area contributed by atoms with Crippen LogP contribution in [-0.2, 0) is 4.79 Å². The molecule has 1 aromatic rings. The van der Waals surface area contributed by atoms with E-state index < -0.39 is 31.3 Å². The van der Waals surface area contributed by atoms with Crippen molar-refractivity contribution in [2.24, 2.45) is 0 Å². The van der Waals surface area contributed by atoms with Crippen LogP contribution in [0.4, 0.5) is 0 Å². The predicted molar refractivity (Wildman–Crippen MR) is 71.4 cm³/mol. The highest BCUT2D eigenvalue weighted by molar-refractivity contribution is 5.85. The van der Waals surface area contributed by atoms with Gasteiger partial charge < -0.3 is 25.4 Å². The number of aliphatic hydroxyl groups is 3. The zero-order chi connectivity index (χ0) is 14.6. The lowest BCUT2D eigenvalue weighted by molar-refractivity contribution is -0.127. The van der Waals surface area contributed by atoms with Crippen molar-refractivity contribution in [2.75, 3.05) is 26.4 Å². The standard InChI is InChI=1S/C14H19NO5/c16-7-14(8-17,9-18)15-13(19)11-5-6-20-12-4-2-1-3-10(11)12/h1-4,11,16-18H,5-9H2,(H,15,19). The maximum Gasteiger partial charge on any atom is 0.228 e. The summed E-state index contributed by atoms with van der Waals surface area (Å²) < 4.78 is 5.48. The summed E-state index contributed by atoms with van der Waals surface area (Å²) in [5, 5.41) is 30.3. The third-order valence-corrected chi connectivity index (χ3v) is 3.57. The minimum absolute atomic E-state index is 0.335. The van der Waals surface area contributed by atoms with Gasteiger partial charge in [-0.3, -0.25) is 4.79 Å². The number of fused-ring (bicyclic) bond motifs is 1. The number of ether oxygens (including phenoxy) is 1. The molecular formula is C14H19NO5. The van der Waals surface area contributed by atoms with Gasteiger partial charge in [0, 0.05) is 5.56 Å². The van der Waals surface area contributed by atoms with Crippen molar-refractivity contribution in [3.05, 3.63) is 29.8 Å². The smallest absolute Gasteiger partial charge is 0.228 e. The van der Waals surface area contributed by atoms with Crippen molar-refractivity contribution in [3.8, 4) is 5.75 Å². The molecule has 0 aromatic heterocycles. The first-order chi connectivity index (χ1) is 9.65. The van der Waals surface area contributed by atoms with E-state index in [-0.39, 0.29) is 5.91 Å². The Kier molecular flexibility index (Phi) is 4.59. The fraction of sp³-hybridized carbons (Fsp3) is 0.500. The van der Waals surface area contributed by atoms with Crippen molar-refractivity contribution in [2.45, 2.75) is 17.9 Å². The molecule has 1 heterocycles. The van der Waals surface area contributed by atoms with Gasteiger partial charge in [-0.15, -0.1) is 0 Å². The Morgan fingerprint density at radius 3 is 2.55 bits per heavy atom. The Hall–Kier alpha value is -1.63. The molecule has 4 N–H and O–H groups in total. The highest BCUT2D eigenvalue weighted by Gasteiger charge is 2.35. The quantitative estimate of drug-likeness (QED) is 0.577. The van der Waals surface area contributed by atoms with E-state index in [0.29, 0.717) is 18.8 Å². The Morgan fingerprint density at radius 1 is 1.25 bits per heavy atom. The van der Waals surface area contributed by atoms with Gasteiger partial charge in [0.1, 0.15) is 11.3 Å². The molecule has 1 aromatic carbocycles. The summed E-state index contributed by atoms with van der Waals surface area (Å²) in [7, 11) is 0. The summed E-state index contributed by atoms with van der Waals surface area (Å²) >= 11 is 0. The van der Waals surface area contributed by atoms with Crippen molar-refractivity contribution >= 4 is 5.91 Å². The van der Waals surface area contributed by atoms with Crippen LogP contribution in [0.3, 0.4) is 0 Å². The maximum absolute atomic E-state index is 12.4. The van der Waals surface area contributed by atoms with Crippen LogP contribution in [0.15, 0.2) is 24.3 Å². The molecule has 0 aliphatic carbocycles. The van der Waals surface area contributed by atoms with Crippen LogP contribution >= 0.6 is 0 Å². The van der Waals surface area contributed by atoms with Gasteiger partial charge in [-0.05, 0) is 12.5 Å². The minimum Gasteiger partial charge on any atom is -0.493 e. The van der Waals surface area contributed by atoms with Gasteiger partial charge in [0.15, 0.2) is 0 Å². The predicted octanol–water partition coefficient (Wildman–Crippen LogP) is -0.615. The molecule has 0 saturated heterocycles. The van der Waals surface area contributed by atoms with Crippen molar-refractivity contribution in [3.63, 3.8) is 0 Å². The fourth-order valence-electron chi connectivity index (χ4n) is 2.23. The lowest BCUT2D eigenvalue weighted by atomic mass is 9.91. The molecule has 1 atom stereocenters. The molecule has 0 spiro atoms. The second-order valence-corrected chi connectivity index (χ2v) is 4.97. The van der Waals surface area contributed by atoms with Crippen LogP contribution < -0.4 is 10.1 Å². The van der Waals surface area contributed by atoms with Gasteiger partial charge in [-0.1, -0.05) is 18.2 Å². The number of para-hydroxylation sites is 1. The molecule has 0 saturated carbocycles. The zero-order valence-electron chi connectivity index (χ0n) is 11.1. The van der Waals surface area contributed by atoms with Gasteiger partial charge in [0.25, 0.3) is 0 Å². The number of amides is 1. The van der Waals surface area contributed by atoms with Gasteiger partial charge in [-0.25, -0.2) is 0 Å². The van der Waals surface area contributed by atoms with Crippen molar-refractivity contribution < 1.29 is 24.9 Å². The molecule has 20 heavy (non-hydrogen) atoms. The highest BCUT2D eigenvalue weighted by Crippen LogP contribution is 2.33. The van der Waals surface area contributed by atoms with Gasteiger partial charge in [-0.2, -0.15) is 0 Å². The van der Waals surface area contributed by atoms with E-state index in [1.54, 1.807) is 6.07 Å². The molecular weight excluding hydrogens is 262 g/mol. The summed E-state index contributed by atoms with van der Waals surface area (Å²) in [5.41, 5.74) is -0.622. The van der Waals surface area contributed by atoms with Crippen LogP contribution in [0.25, 0.3) is 0 Å². The Labute approximate surface area is 117 Å². The average Bonchev–Trinajstić information content (AvgIpc) is 2.52. The Morgan fingerprint density at radius 2 is 1.90 bits per heavy atom. The van der Waals surface area contributed by atoms with E-state index in [1.807, 2.05) is 18.2 Å². The van der Waals surface area contributed by atoms with E-state index in [0.717, 1.165) is 5.56 Å². The Bertz CT molecular complexity index is 464. The van der Waals surface area contributed by atoms with E-state index in [9.17, 15) is 20.1 Å². The van der Waals surface area contributed by atoms with Crippen LogP contribution in [0, 0.1) is 0 Å². The molecule has 0 bridgehead atoms. The molecule has 1 aliphatic heterocycles. The topological polar surface area (TPSA) is 99.0 Å². The number of carbonyl (C=O) groups is 1. The largest absolute Gasteiger partial charge is 0.493 e. The maximum atomic E-state index is 12.4. The summed E-state index contributed by atoms with van der Waals surface area (Å²) in [6.07, 6.45) is 0.515. The molecule has 1 amide bonds. The van der Waals surface area contributed by atoms with E-state index in [2.05, 4.69) is 5.32 Å². The zero-order valence-corrected chi connectivity index (χ0v) is 11.1. The molecule has 0 fully saturated rings. The monoisotopic (exact) mass is 281 g/mol. The third-order valence-electron chi connectivity index (χ3n) is 3.57. The summed E-state index contributed by atoms with van der Waals surface area (Å²) in [6, 6.07) is 7.27. The number of nitrogens with one attached hydrogen (secondary N) is 1. The molecule has 1 aliphatic rings. The lowest BCUT2D eigenvalue weighted by Gasteiger charge is -2.32. The molecule has 110 valence electrons. The van der Waals surface area contributed by atoms with Gasteiger partial charge >= 0.3 is 0 Å². The minimum atomic E-state index is -1.40. The van der Waals surface area contributed by atoms with Gasteiger partial charge in [0.05, 0.1) is 32.3 Å². The lowest BCUT2D eigenvalue weighted by Crippen LogP contribution is -2.58. The first-order valence-electron chi connectivity index (χ1n) is 6.52. The Balaban J connectivity index is 2.19. The van der Waals surface area contributed by atoms with E-state index >= 15 is 0 Å². The molecule has 1 unspecified atom stereocenters. The SMILES string of the molecule is O=C(NC(CO)(CO)CO)C1CCOc2ccccc21. The number of aliphatic hydroxyl groups excluding tert-OH is 3. The van der Waals surface area contributed by atoms with Crippen molar-refractivity contribution in [1.29, 1.82) is 0 Å². The number of rotatable bonds is 5. The second-order valence-electron chi connectivity index (χ2n) is 4.97. The van der Waals surface area contributed by atoms with Crippen LogP contribution in [0.1, 0.15) is 17.9 Å². The second kappa shape index (κ2) is 6.21. The van der Waals surface area contributed by atoms with Crippen LogP contribution in [-0.4, -0.2) is 53.2 Å². The van der Waals surface area contributed by atoms with Crippen LogP contribution in [0.2, 0.25) is 0 Å². The van der Waals surface area contributed by atoms with Gasteiger partial charge in [0.2, 0.25) is 5.91 Å². The third kappa shape index (κ3) is 2.77. The average molecular weight is 281 g/mol. The molecule has 2 rings (SSSR count). The van der Waals surface area contributed by atoms with E-state index in [1.165, 1.54) is 0 Å². The fourth-order valence-corrected chi connectivity index (χ4v) is 2.23. The molecule has 6 heteroatoms. The molecule has 6 nitrogen and oxygen atoms in total. The highest BCUT2D eigenvalue weighted by atomic mass is 16.5. The van der Waals surface area contributed by atoms with E-state index in [4.69, 9.17) is 4.74 Å². The summed E-state index contributed by atoms with van der Waals surface area (Å²) in [5.74, 6) is -0.0802. The first-order valence-corrected chi connectivity index (χ1v) is 6.52. The number of carbonyl (C=O) groups excluding carboxylic acids is 1. The number of benzene rings is 1.